The van der Waals surface area contributed by atoms with Crippen LogP contribution in [0.1, 0.15) is 19.4 Å². The predicted molar refractivity (Wildman–Crippen MR) is 91.3 cm³/mol. The van der Waals surface area contributed by atoms with E-state index in [1.807, 2.05) is 39.0 Å². The van der Waals surface area contributed by atoms with Crippen LogP contribution in [0.3, 0.4) is 0 Å². The molecule has 1 amide bonds. The number of benzene rings is 1. The Balaban J connectivity index is 2.25. The molecule has 1 heterocycles. The molecule has 2 rings (SSSR count). The zero-order valence-corrected chi connectivity index (χ0v) is 15.0. The van der Waals surface area contributed by atoms with Crippen LogP contribution in [0.5, 0.6) is 0 Å². The van der Waals surface area contributed by atoms with E-state index in [0.29, 0.717) is 28.2 Å². The molecule has 0 atom stereocenters. The smallest absolute Gasteiger partial charge is 0.323 e. The Hall–Kier alpha value is -1.17. The number of carbonyl (C=O) groups excluding carboxylic acids is 1. The second-order valence-electron chi connectivity index (χ2n) is 4.72. The normalized spacial score (nSPS) is 10.8. The van der Waals surface area contributed by atoms with Crippen LogP contribution in [0.25, 0.3) is 0 Å². The molecule has 2 aromatic rings. The molecule has 1 aromatic heterocycles. The van der Waals surface area contributed by atoms with Crippen LogP contribution in [0.4, 0.5) is 4.79 Å². The quantitative estimate of drug-likeness (QED) is 0.775. The minimum absolute atomic E-state index is 0.186. The second kappa shape index (κ2) is 7.40. The summed E-state index contributed by atoms with van der Waals surface area (Å²) in [7, 11) is 0. The van der Waals surface area contributed by atoms with E-state index in [4.69, 9.17) is 23.2 Å². The van der Waals surface area contributed by atoms with Gasteiger partial charge >= 0.3 is 6.03 Å². The molecule has 0 saturated heterocycles. The van der Waals surface area contributed by atoms with Crippen molar-refractivity contribution in [1.29, 1.82) is 0 Å². The summed E-state index contributed by atoms with van der Waals surface area (Å²) in [6.45, 7) is 7.07. The van der Waals surface area contributed by atoms with Crippen LogP contribution in [-0.4, -0.2) is 33.8 Å². The van der Waals surface area contributed by atoms with Gasteiger partial charge in [-0.3, -0.25) is 0 Å². The Morgan fingerprint density at radius 2 is 1.95 bits per heavy atom. The Morgan fingerprint density at radius 1 is 1.27 bits per heavy atom. The van der Waals surface area contributed by atoms with E-state index in [9.17, 15) is 4.79 Å². The lowest BCUT2D eigenvalue weighted by Gasteiger charge is -2.17. The summed E-state index contributed by atoms with van der Waals surface area (Å²) in [6.07, 6.45) is 1.53. The van der Waals surface area contributed by atoms with E-state index in [0.717, 1.165) is 10.5 Å². The van der Waals surface area contributed by atoms with E-state index in [2.05, 4.69) is 5.10 Å². The Bertz CT molecular complexity index is 683. The van der Waals surface area contributed by atoms with Gasteiger partial charge in [-0.25, -0.2) is 4.79 Å². The molecule has 7 heteroatoms. The zero-order valence-electron chi connectivity index (χ0n) is 12.6. The van der Waals surface area contributed by atoms with Crippen LogP contribution >= 0.6 is 35.0 Å². The van der Waals surface area contributed by atoms with Crippen molar-refractivity contribution < 1.29 is 4.79 Å². The lowest BCUT2D eigenvalue weighted by molar-refractivity contribution is 0.201. The summed E-state index contributed by atoms with van der Waals surface area (Å²) >= 11 is 13.8. The van der Waals surface area contributed by atoms with E-state index >= 15 is 0 Å². The molecule has 0 bridgehead atoms. The van der Waals surface area contributed by atoms with Crippen molar-refractivity contribution in [3.05, 3.63) is 40.0 Å². The van der Waals surface area contributed by atoms with Crippen molar-refractivity contribution in [1.82, 2.24) is 14.7 Å². The maximum absolute atomic E-state index is 12.3. The first kappa shape index (κ1) is 17.2. The summed E-state index contributed by atoms with van der Waals surface area (Å²) in [5, 5.41) is 5.92. The molecule has 0 unspecified atom stereocenters. The van der Waals surface area contributed by atoms with E-state index in [1.165, 1.54) is 22.6 Å². The molecule has 0 radical (unpaired) electrons. The lowest BCUT2D eigenvalue weighted by atomic mass is 10.2. The van der Waals surface area contributed by atoms with Gasteiger partial charge in [0.15, 0.2) is 0 Å². The zero-order chi connectivity index (χ0) is 16.3. The van der Waals surface area contributed by atoms with E-state index < -0.39 is 0 Å². The summed E-state index contributed by atoms with van der Waals surface area (Å²) in [5.74, 6) is 0. The Kier molecular flexibility index (Phi) is 5.78. The highest BCUT2D eigenvalue weighted by Gasteiger charge is 2.17. The van der Waals surface area contributed by atoms with Crippen molar-refractivity contribution in [2.45, 2.75) is 30.7 Å². The summed E-state index contributed by atoms with van der Waals surface area (Å²) in [4.78, 5) is 14.8. The van der Waals surface area contributed by atoms with Crippen LogP contribution in [-0.2, 0) is 0 Å². The number of hydrogen-bond donors (Lipinski definition) is 0. The van der Waals surface area contributed by atoms with Gasteiger partial charge in [0.2, 0.25) is 0 Å². The van der Waals surface area contributed by atoms with Crippen molar-refractivity contribution in [3.8, 4) is 0 Å². The third-order valence-electron chi connectivity index (χ3n) is 3.16. The first-order chi connectivity index (χ1) is 10.5. The summed E-state index contributed by atoms with van der Waals surface area (Å²) in [6, 6.07) is 5.59. The molecular formula is C15H17Cl2N3OS. The number of aromatic nitrogens is 2. The van der Waals surface area contributed by atoms with Gasteiger partial charge in [-0.2, -0.15) is 9.78 Å². The molecule has 0 aliphatic heterocycles. The predicted octanol–water partition coefficient (Wildman–Crippen LogP) is 4.96. The monoisotopic (exact) mass is 357 g/mol. The average Bonchev–Trinajstić information content (AvgIpc) is 2.84. The van der Waals surface area contributed by atoms with Gasteiger partial charge in [0.25, 0.3) is 0 Å². The molecular weight excluding hydrogens is 341 g/mol. The number of amides is 1. The molecule has 0 spiro atoms. The molecule has 22 heavy (non-hydrogen) atoms. The fourth-order valence-electron chi connectivity index (χ4n) is 1.94. The Labute approximate surface area is 144 Å². The fourth-order valence-corrected chi connectivity index (χ4v) is 3.31. The van der Waals surface area contributed by atoms with Crippen molar-refractivity contribution in [2.75, 3.05) is 13.1 Å². The van der Waals surface area contributed by atoms with Crippen molar-refractivity contribution in [3.63, 3.8) is 0 Å². The SMILES string of the molecule is CCN(CC)C(=O)n1cc(Cl)c(Sc2ccc(C)cc2Cl)n1. The van der Waals surface area contributed by atoms with E-state index in [-0.39, 0.29) is 6.03 Å². The van der Waals surface area contributed by atoms with Crippen LogP contribution in [0.2, 0.25) is 10.0 Å². The molecule has 118 valence electrons. The van der Waals surface area contributed by atoms with Gasteiger partial charge in [0.05, 0.1) is 16.2 Å². The topological polar surface area (TPSA) is 38.1 Å². The largest absolute Gasteiger partial charge is 0.344 e. The van der Waals surface area contributed by atoms with Crippen molar-refractivity contribution in [2.24, 2.45) is 0 Å². The summed E-state index contributed by atoms with van der Waals surface area (Å²) < 4.78 is 1.28. The summed E-state index contributed by atoms with van der Waals surface area (Å²) in [5.41, 5.74) is 1.09. The third kappa shape index (κ3) is 3.77. The number of carbonyl (C=O) groups is 1. The molecule has 1 aromatic carbocycles. The van der Waals surface area contributed by atoms with Crippen molar-refractivity contribution >= 4 is 41.0 Å². The molecule has 4 nitrogen and oxygen atoms in total. The van der Waals surface area contributed by atoms with Gasteiger partial charge in [-0.15, -0.1) is 0 Å². The van der Waals surface area contributed by atoms with Crippen LogP contribution < -0.4 is 0 Å². The molecule has 0 N–H and O–H groups in total. The van der Waals surface area contributed by atoms with Crippen LogP contribution in [0, 0.1) is 6.92 Å². The standard InChI is InChI=1S/C15H17Cl2N3OS/c1-4-19(5-2)15(21)20-9-12(17)14(18-20)22-13-7-6-10(3)8-11(13)16/h6-9H,4-5H2,1-3H3. The number of aryl methyl sites for hydroxylation is 1. The van der Waals surface area contributed by atoms with Gasteiger partial charge < -0.3 is 4.90 Å². The third-order valence-corrected chi connectivity index (χ3v) is 5.05. The second-order valence-corrected chi connectivity index (χ2v) is 6.56. The van der Waals surface area contributed by atoms with Gasteiger partial charge in [0.1, 0.15) is 5.03 Å². The highest BCUT2D eigenvalue weighted by Crippen LogP contribution is 2.36. The average molecular weight is 358 g/mol. The van der Waals surface area contributed by atoms with Gasteiger partial charge in [-0.05, 0) is 38.5 Å². The number of rotatable bonds is 4. The fraction of sp³-hybridized carbons (Fsp3) is 0.333. The first-order valence-electron chi connectivity index (χ1n) is 6.94. The lowest BCUT2D eigenvalue weighted by Crippen LogP contribution is -2.34. The van der Waals surface area contributed by atoms with Gasteiger partial charge in [0, 0.05) is 18.0 Å². The number of halogens is 2. The molecule has 0 aliphatic rings. The first-order valence-corrected chi connectivity index (χ1v) is 8.52. The van der Waals surface area contributed by atoms with Crippen LogP contribution in [0.15, 0.2) is 34.3 Å². The maximum atomic E-state index is 12.3. The minimum Gasteiger partial charge on any atom is -0.323 e. The number of hydrogen-bond acceptors (Lipinski definition) is 3. The maximum Gasteiger partial charge on any atom is 0.344 e. The molecule has 0 fully saturated rings. The molecule has 0 saturated carbocycles. The molecule has 0 aliphatic carbocycles. The van der Waals surface area contributed by atoms with E-state index in [1.54, 1.807) is 4.90 Å². The highest BCUT2D eigenvalue weighted by atomic mass is 35.5. The Morgan fingerprint density at radius 3 is 2.55 bits per heavy atom. The van der Waals surface area contributed by atoms with Gasteiger partial charge in [-0.1, -0.05) is 41.0 Å². The minimum atomic E-state index is -0.186. The highest BCUT2D eigenvalue weighted by molar-refractivity contribution is 7.99. The number of nitrogens with zero attached hydrogens (tertiary/aromatic N) is 3.